The SMILES string of the molecule is COC(=O)c1ccc(N)c(Nc2ccc(F)c(C)c2)n1. The second kappa shape index (κ2) is 5.56. The molecule has 2 aromatic rings. The number of hydrogen-bond donors (Lipinski definition) is 2. The van der Waals surface area contributed by atoms with E-state index in [1.807, 2.05) is 0 Å². The van der Waals surface area contributed by atoms with Crippen molar-refractivity contribution in [2.45, 2.75) is 6.92 Å². The molecule has 1 aromatic heterocycles. The van der Waals surface area contributed by atoms with Crippen LogP contribution in [0.25, 0.3) is 0 Å². The number of aromatic nitrogens is 1. The van der Waals surface area contributed by atoms with Crippen LogP contribution in [0.2, 0.25) is 0 Å². The number of halogens is 1. The number of aryl methyl sites for hydroxylation is 1. The van der Waals surface area contributed by atoms with Gasteiger partial charge in [0.2, 0.25) is 0 Å². The van der Waals surface area contributed by atoms with E-state index in [1.54, 1.807) is 25.1 Å². The molecule has 2 rings (SSSR count). The van der Waals surface area contributed by atoms with Crippen LogP contribution in [0.5, 0.6) is 0 Å². The third-order valence-corrected chi connectivity index (χ3v) is 2.74. The quantitative estimate of drug-likeness (QED) is 0.842. The number of nitrogen functional groups attached to an aromatic ring is 1. The largest absolute Gasteiger partial charge is 0.464 e. The number of nitrogens with zero attached hydrogens (tertiary/aromatic N) is 1. The van der Waals surface area contributed by atoms with Crippen molar-refractivity contribution in [1.29, 1.82) is 0 Å². The van der Waals surface area contributed by atoms with Gasteiger partial charge >= 0.3 is 5.97 Å². The molecule has 1 aromatic carbocycles. The first kappa shape index (κ1) is 13.8. The summed E-state index contributed by atoms with van der Waals surface area (Å²) in [6, 6.07) is 7.56. The molecule has 5 nitrogen and oxygen atoms in total. The van der Waals surface area contributed by atoms with Gasteiger partial charge in [0.1, 0.15) is 5.82 Å². The average Bonchev–Trinajstić information content (AvgIpc) is 2.44. The van der Waals surface area contributed by atoms with E-state index in [0.717, 1.165) is 0 Å². The first-order valence-electron chi connectivity index (χ1n) is 5.89. The van der Waals surface area contributed by atoms with Crippen molar-refractivity contribution in [3.05, 3.63) is 47.4 Å². The number of nitrogens with one attached hydrogen (secondary N) is 1. The molecule has 20 heavy (non-hydrogen) atoms. The fourth-order valence-electron chi connectivity index (χ4n) is 1.65. The lowest BCUT2D eigenvalue weighted by Crippen LogP contribution is -2.08. The molecule has 0 radical (unpaired) electrons. The van der Waals surface area contributed by atoms with Crippen LogP contribution >= 0.6 is 0 Å². The predicted molar refractivity (Wildman–Crippen MR) is 74.4 cm³/mol. The maximum Gasteiger partial charge on any atom is 0.356 e. The molecule has 0 saturated heterocycles. The molecule has 1 heterocycles. The number of methoxy groups -OCH3 is 1. The Morgan fingerprint density at radius 3 is 2.75 bits per heavy atom. The van der Waals surface area contributed by atoms with Gasteiger partial charge in [0.25, 0.3) is 0 Å². The molecular formula is C14H14FN3O2. The van der Waals surface area contributed by atoms with Crippen molar-refractivity contribution >= 4 is 23.2 Å². The highest BCUT2D eigenvalue weighted by molar-refractivity contribution is 5.88. The second-order valence-electron chi connectivity index (χ2n) is 4.21. The van der Waals surface area contributed by atoms with Crippen molar-refractivity contribution in [1.82, 2.24) is 4.98 Å². The van der Waals surface area contributed by atoms with Crippen molar-refractivity contribution in [2.75, 3.05) is 18.2 Å². The van der Waals surface area contributed by atoms with Crippen molar-refractivity contribution < 1.29 is 13.9 Å². The first-order chi connectivity index (χ1) is 9.51. The maximum absolute atomic E-state index is 13.2. The predicted octanol–water partition coefficient (Wildman–Crippen LogP) is 2.64. The molecule has 6 heteroatoms. The van der Waals surface area contributed by atoms with E-state index in [2.05, 4.69) is 15.0 Å². The van der Waals surface area contributed by atoms with E-state index in [9.17, 15) is 9.18 Å². The Hall–Kier alpha value is -2.63. The van der Waals surface area contributed by atoms with Crippen LogP contribution < -0.4 is 11.1 Å². The number of esters is 1. The van der Waals surface area contributed by atoms with Crippen LogP contribution in [-0.4, -0.2) is 18.1 Å². The third kappa shape index (κ3) is 2.85. The molecule has 0 saturated carbocycles. The Bertz CT molecular complexity index is 659. The summed E-state index contributed by atoms with van der Waals surface area (Å²) in [5.74, 6) is -0.526. The summed E-state index contributed by atoms with van der Waals surface area (Å²) >= 11 is 0. The van der Waals surface area contributed by atoms with Crippen LogP contribution in [0, 0.1) is 12.7 Å². The lowest BCUT2D eigenvalue weighted by atomic mass is 10.2. The summed E-state index contributed by atoms with van der Waals surface area (Å²) in [4.78, 5) is 15.5. The van der Waals surface area contributed by atoms with Crippen molar-refractivity contribution in [3.8, 4) is 0 Å². The van der Waals surface area contributed by atoms with E-state index in [4.69, 9.17) is 5.73 Å². The van der Waals surface area contributed by atoms with E-state index in [1.165, 1.54) is 19.2 Å². The van der Waals surface area contributed by atoms with Gasteiger partial charge in [-0.25, -0.2) is 14.2 Å². The number of anilines is 3. The zero-order chi connectivity index (χ0) is 14.7. The number of carbonyl (C=O) groups excluding carboxylic acids is 1. The van der Waals surface area contributed by atoms with Crippen molar-refractivity contribution in [3.63, 3.8) is 0 Å². The minimum Gasteiger partial charge on any atom is -0.464 e. The molecule has 3 N–H and O–H groups in total. The Morgan fingerprint density at radius 2 is 2.10 bits per heavy atom. The van der Waals surface area contributed by atoms with Gasteiger partial charge in [0.15, 0.2) is 11.5 Å². The van der Waals surface area contributed by atoms with Gasteiger partial charge in [-0.2, -0.15) is 0 Å². The Morgan fingerprint density at radius 1 is 1.35 bits per heavy atom. The van der Waals surface area contributed by atoms with Gasteiger partial charge in [-0.1, -0.05) is 0 Å². The Labute approximate surface area is 115 Å². The minimum absolute atomic E-state index is 0.142. The van der Waals surface area contributed by atoms with Crippen LogP contribution in [0.4, 0.5) is 21.6 Å². The molecule has 0 spiro atoms. The Balaban J connectivity index is 2.32. The number of pyridine rings is 1. The van der Waals surface area contributed by atoms with E-state index < -0.39 is 5.97 Å². The normalized spacial score (nSPS) is 10.2. The van der Waals surface area contributed by atoms with Gasteiger partial charge in [0.05, 0.1) is 12.8 Å². The van der Waals surface area contributed by atoms with Crippen LogP contribution in [0.1, 0.15) is 16.1 Å². The maximum atomic E-state index is 13.2. The summed E-state index contributed by atoms with van der Waals surface area (Å²) < 4.78 is 17.8. The molecule has 0 aliphatic rings. The summed E-state index contributed by atoms with van der Waals surface area (Å²) in [5, 5.41) is 2.95. The van der Waals surface area contributed by atoms with Gasteiger partial charge in [0, 0.05) is 5.69 Å². The molecule has 0 unspecified atom stereocenters. The van der Waals surface area contributed by atoms with E-state index >= 15 is 0 Å². The zero-order valence-corrected chi connectivity index (χ0v) is 11.1. The summed E-state index contributed by atoms with van der Waals surface area (Å²) in [6.07, 6.45) is 0. The van der Waals surface area contributed by atoms with Crippen LogP contribution in [0.3, 0.4) is 0 Å². The third-order valence-electron chi connectivity index (χ3n) is 2.74. The number of benzene rings is 1. The van der Waals surface area contributed by atoms with Crippen molar-refractivity contribution in [2.24, 2.45) is 0 Å². The fourth-order valence-corrected chi connectivity index (χ4v) is 1.65. The van der Waals surface area contributed by atoms with Gasteiger partial charge in [-0.05, 0) is 42.8 Å². The Kier molecular flexibility index (Phi) is 3.84. The molecule has 0 fully saturated rings. The highest BCUT2D eigenvalue weighted by Crippen LogP contribution is 2.23. The highest BCUT2D eigenvalue weighted by Gasteiger charge is 2.11. The minimum atomic E-state index is -0.552. The van der Waals surface area contributed by atoms with Gasteiger partial charge < -0.3 is 15.8 Å². The average molecular weight is 275 g/mol. The summed E-state index contributed by atoms with van der Waals surface area (Å²) in [6.45, 7) is 1.65. The first-order valence-corrected chi connectivity index (χ1v) is 5.89. The highest BCUT2D eigenvalue weighted by atomic mass is 19.1. The summed E-state index contributed by atoms with van der Waals surface area (Å²) in [5.41, 5.74) is 7.44. The molecule has 0 atom stereocenters. The smallest absolute Gasteiger partial charge is 0.356 e. The molecule has 0 aliphatic heterocycles. The van der Waals surface area contributed by atoms with Gasteiger partial charge in [-0.15, -0.1) is 0 Å². The topological polar surface area (TPSA) is 77.2 Å². The molecular weight excluding hydrogens is 261 g/mol. The molecule has 104 valence electrons. The van der Waals surface area contributed by atoms with E-state index in [0.29, 0.717) is 22.8 Å². The number of rotatable bonds is 3. The lowest BCUT2D eigenvalue weighted by Gasteiger charge is -2.10. The van der Waals surface area contributed by atoms with E-state index in [-0.39, 0.29) is 11.5 Å². The van der Waals surface area contributed by atoms with Gasteiger partial charge in [-0.3, -0.25) is 0 Å². The zero-order valence-electron chi connectivity index (χ0n) is 11.1. The lowest BCUT2D eigenvalue weighted by molar-refractivity contribution is 0.0594. The van der Waals surface area contributed by atoms with Crippen LogP contribution in [-0.2, 0) is 4.74 Å². The number of nitrogens with two attached hydrogens (primary N) is 1. The fraction of sp³-hybridized carbons (Fsp3) is 0.143. The number of ether oxygens (including phenoxy) is 1. The second-order valence-corrected chi connectivity index (χ2v) is 4.21. The number of carbonyl (C=O) groups is 1. The summed E-state index contributed by atoms with van der Waals surface area (Å²) in [7, 11) is 1.27. The standard InChI is InChI=1S/C14H14FN3O2/c1-8-7-9(3-4-10(8)15)17-13-11(16)5-6-12(18-13)14(19)20-2/h3-7H,16H2,1-2H3,(H,17,18). The molecule has 0 bridgehead atoms. The van der Waals surface area contributed by atoms with Crippen LogP contribution in [0.15, 0.2) is 30.3 Å². The molecule has 0 aliphatic carbocycles. The monoisotopic (exact) mass is 275 g/mol. The molecule has 0 amide bonds. The number of hydrogen-bond acceptors (Lipinski definition) is 5.